The summed E-state index contributed by atoms with van der Waals surface area (Å²) in [4.78, 5) is 22.7. The molecule has 1 saturated carbocycles. The fraction of sp³-hybridized carbons (Fsp3) is 0.429. The molecule has 21 heavy (non-hydrogen) atoms. The lowest BCUT2D eigenvalue weighted by Gasteiger charge is -2.20. The standard InChI is InChI=1S/C14H18N2O5/c1-21-12-4-2-3-10(12)16-14(20)15-9-6-5-8(13(18)19)7-11(9)17/h5-7,10,12,17H,2-4H2,1H3,(H,18,19)(H2,15,16,20). The van der Waals surface area contributed by atoms with Crippen LogP contribution < -0.4 is 10.6 Å². The molecule has 0 aliphatic heterocycles. The number of carbonyl (C=O) groups excluding carboxylic acids is 1. The highest BCUT2D eigenvalue weighted by Crippen LogP contribution is 2.25. The van der Waals surface area contributed by atoms with Crippen LogP contribution in [-0.4, -0.2) is 41.5 Å². The van der Waals surface area contributed by atoms with Crippen molar-refractivity contribution in [3.8, 4) is 5.75 Å². The van der Waals surface area contributed by atoms with Gasteiger partial charge in [-0.05, 0) is 37.5 Å². The van der Waals surface area contributed by atoms with E-state index in [9.17, 15) is 14.7 Å². The van der Waals surface area contributed by atoms with Gasteiger partial charge >= 0.3 is 12.0 Å². The molecule has 0 heterocycles. The first-order chi connectivity index (χ1) is 10.0. The number of anilines is 1. The molecule has 0 aromatic heterocycles. The summed E-state index contributed by atoms with van der Waals surface area (Å²) < 4.78 is 5.28. The summed E-state index contributed by atoms with van der Waals surface area (Å²) in [7, 11) is 1.61. The second-order valence-corrected chi connectivity index (χ2v) is 4.95. The molecule has 0 bridgehead atoms. The van der Waals surface area contributed by atoms with Gasteiger partial charge in [0.2, 0.25) is 0 Å². The molecule has 2 atom stereocenters. The van der Waals surface area contributed by atoms with Crippen LogP contribution in [0.4, 0.5) is 10.5 Å². The fourth-order valence-corrected chi connectivity index (χ4v) is 2.47. The van der Waals surface area contributed by atoms with Crippen LogP contribution in [0.1, 0.15) is 29.6 Å². The number of methoxy groups -OCH3 is 1. The lowest BCUT2D eigenvalue weighted by atomic mass is 10.2. The molecule has 2 unspecified atom stereocenters. The van der Waals surface area contributed by atoms with Gasteiger partial charge in [-0.15, -0.1) is 0 Å². The molecule has 7 heteroatoms. The van der Waals surface area contributed by atoms with Crippen molar-refractivity contribution in [1.29, 1.82) is 0 Å². The third-order valence-electron chi connectivity index (χ3n) is 3.56. The second-order valence-electron chi connectivity index (χ2n) is 4.95. The molecular formula is C14H18N2O5. The summed E-state index contributed by atoms with van der Waals surface area (Å²) in [5.74, 6) is -1.44. The molecule has 4 N–H and O–H groups in total. The van der Waals surface area contributed by atoms with Gasteiger partial charge in [-0.1, -0.05) is 0 Å². The molecular weight excluding hydrogens is 276 g/mol. The van der Waals surface area contributed by atoms with Gasteiger partial charge in [-0.3, -0.25) is 0 Å². The number of ether oxygens (including phenoxy) is 1. The average molecular weight is 294 g/mol. The van der Waals surface area contributed by atoms with Gasteiger partial charge in [-0.25, -0.2) is 9.59 Å². The molecule has 1 aromatic carbocycles. The molecule has 1 fully saturated rings. The summed E-state index contributed by atoms with van der Waals surface area (Å²) in [6, 6.07) is 3.23. The zero-order valence-electron chi connectivity index (χ0n) is 11.6. The first kappa shape index (κ1) is 15.1. The number of benzene rings is 1. The Bertz CT molecular complexity index is 546. The van der Waals surface area contributed by atoms with Gasteiger partial charge < -0.3 is 25.6 Å². The Labute approximate surface area is 121 Å². The quantitative estimate of drug-likeness (QED) is 0.633. The van der Waals surface area contributed by atoms with Crippen LogP contribution >= 0.6 is 0 Å². The van der Waals surface area contributed by atoms with E-state index in [1.54, 1.807) is 7.11 Å². The summed E-state index contributed by atoms with van der Waals surface area (Å²) >= 11 is 0. The first-order valence-corrected chi connectivity index (χ1v) is 6.68. The largest absolute Gasteiger partial charge is 0.506 e. The predicted molar refractivity (Wildman–Crippen MR) is 75.7 cm³/mol. The monoisotopic (exact) mass is 294 g/mol. The average Bonchev–Trinajstić information content (AvgIpc) is 2.87. The van der Waals surface area contributed by atoms with Crippen molar-refractivity contribution in [2.45, 2.75) is 31.4 Å². The van der Waals surface area contributed by atoms with Crippen molar-refractivity contribution >= 4 is 17.7 Å². The normalized spacial score (nSPS) is 21.0. The van der Waals surface area contributed by atoms with Crippen molar-refractivity contribution in [3.05, 3.63) is 23.8 Å². The Balaban J connectivity index is 1.98. The Kier molecular flexibility index (Phi) is 4.64. The predicted octanol–water partition coefficient (Wildman–Crippen LogP) is 1.78. The van der Waals surface area contributed by atoms with Gasteiger partial charge in [0.05, 0.1) is 23.4 Å². The zero-order chi connectivity index (χ0) is 15.4. The van der Waals surface area contributed by atoms with Gasteiger partial charge in [0.1, 0.15) is 5.75 Å². The van der Waals surface area contributed by atoms with E-state index < -0.39 is 12.0 Å². The highest BCUT2D eigenvalue weighted by Gasteiger charge is 2.28. The van der Waals surface area contributed by atoms with Crippen molar-refractivity contribution < 1.29 is 24.5 Å². The minimum absolute atomic E-state index is 0.00117. The number of amides is 2. The number of urea groups is 1. The molecule has 2 rings (SSSR count). The number of carbonyl (C=O) groups is 2. The number of phenols is 1. The molecule has 114 valence electrons. The fourth-order valence-electron chi connectivity index (χ4n) is 2.47. The van der Waals surface area contributed by atoms with E-state index >= 15 is 0 Å². The third kappa shape index (κ3) is 3.63. The number of carboxylic acid groups (broad SMARTS) is 1. The van der Waals surface area contributed by atoms with Crippen molar-refractivity contribution in [3.63, 3.8) is 0 Å². The molecule has 0 saturated heterocycles. The van der Waals surface area contributed by atoms with Crippen LogP contribution in [0.25, 0.3) is 0 Å². The molecule has 1 aliphatic rings. The van der Waals surface area contributed by atoms with E-state index in [1.807, 2.05) is 0 Å². The lowest BCUT2D eigenvalue weighted by Crippen LogP contribution is -2.42. The lowest BCUT2D eigenvalue weighted by molar-refractivity contribution is 0.0696. The van der Waals surface area contributed by atoms with E-state index in [4.69, 9.17) is 9.84 Å². The van der Waals surface area contributed by atoms with Gasteiger partial charge in [0.25, 0.3) is 0 Å². The Hall–Kier alpha value is -2.28. The number of nitrogens with one attached hydrogen (secondary N) is 2. The highest BCUT2D eigenvalue weighted by molar-refractivity contribution is 5.93. The molecule has 7 nitrogen and oxygen atoms in total. The Morgan fingerprint density at radius 2 is 2.10 bits per heavy atom. The van der Waals surface area contributed by atoms with Crippen molar-refractivity contribution in [1.82, 2.24) is 5.32 Å². The minimum atomic E-state index is -1.14. The van der Waals surface area contributed by atoms with E-state index in [-0.39, 0.29) is 29.1 Å². The van der Waals surface area contributed by atoms with Gasteiger partial charge in [0.15, 0.2) is 0 Å². The number of aromatic carboxylic acids is 1. The topological polar surface area (TPSA) is 108 Å². The summed E-state index contributed by atoms with van der Waals surface area (Å²) in [5.41, 5.74) is 0.109. The van der Waals surface area contributed by atoms with E-state index in [2.05, 4.69) is 10.6 Å². The minimum Gasteiger partial charge on any atom is -0.506 e. The van der Waals surface area contributed by atoms with Crippen LogP contribution in [0, 0.1) is 0 Å². The number of hydrogen-bond acceptors (Lipinski definition) is 4. The smallest absolute Gasteiger partial charge is 0.335 e. The first-order valence-electron chi connectivity index (χ1n) is 6.68. The molecule has 1 aromatic rings. The molecule has 0 radical (unpaired) electrons. The van der Waals surface area contributed by atoms with E-state index in [0.29, 0.717) is 0 Å². The molecule has 2 amide bonds. The second kappa shape index (κ2) is 6.45. The summed E-state index contributed by atoms with van der Waals surface area (Å²) in [6.07, 6.45) is 2.73. The highest BCUT2D eigenvalue weighted by atomic mass is 16.5. The van der Waals surface area contributed by atoms with Crippen LogP contribution in [0.5, 0.6) is 5.75 Å². The van der Waals surface area contributed by atoms with Crippen LogP contribution in [0.2, 0.25) is 0 Å². The van der Waals surface area contributed by atoms with Gasteiger partial charge in [-0.2, -0.15) is 0 Å². The van der Waals surface area contributed by atoms with Crippen molar-refractivity contribution in [2.24, 2.45) is 0 Å². The van der Waals surface area contributed by atoms with Gasteiger partial charge in [0, 0.05) is 7.11 Å². The van der Waals surface area contributed by atoms with Crippen LogP contribution in [0.15, 0.2) is 18.2 Å². The SMILES string of the molecule is COC1CCCC1NC(=O)Nc1ccc(C(=O)O)cc1O. The summed E-state index contributed by atoms with van der Waals surface area (Å²) in [6.45, 7) is 0. The molecule has 0 spiro atoms. The maximum Gasteiger partial charge on any atom is 0.335 e. The maximum absolute atomic E-state index is 11.9. The zero-order valence-corrected chi connectivity index (χ0v) is 11.6. The van der Waals surface area contributed by atoms with Crippen LogP contribution in [-0.2, 0) is 4.74 Å². The maximum atomic E-state index is 11.9. The van der Waals surface area contributed by atoms with Crippen LogP contribution in [0.3, 0.4) is 0 Å². The number of rotatable bonds is 4. The number of aromatic hydroxyl groups is 1. The number of hydrogen-bond donors (Lipinski definition) is 4. The van der Waals surface area contributed by atoms with E-state index in [1.165, 1.54) is 12.1 Å². The van der Waals surface area contributed by atoms with Crippen molar-refractivity contribution in [2.75, 3.05) is 12.4 Å². The number of carboxylic acids is 1. The molecule has 1 aliphatic carbocycles. The third-order valence-corrected chi connectivity index (χ3v) is 3.56. The summed E-state index contributed by atoms with van der Waals surface area (Å²) in [5, 5.41) is 23.8. The van der Waals surface area contributed by atoms with E-state index in [0.717, 1.165) is 25.3 Å². The number of phenolic OH excluding ortho intramolecular Hbond substituents is 1. The Morgan fingerprint density at radius 3 is 2.71 bits per heavy atom. The Morgan fingerprint density at radius 1 is 1.33 bits per heavy atom.